The van der Waals surface area contributed by atoms with Crippen LogP contribution in [0.15, 0.2) is 12.1 Å². The van der Waals surface area contributed by atoms with Gasteiger partial charge in [-0.2, -0.15) is 0 Å². The summed E-state index contributed by atoms with van der Waals surface area (Å²) in [5, 5.41) is 20.1. The molecule has 0 spiro atoms. The molecule has 0 atom stereocenters. The predicted octanol–water partition coefficient (Wildman–Crippen LogP) is 2.56. The van der Waals surface area contributed by atoms with Crippen LogP contribution in [0, 0.1) is 27.2 Å². The molecule has 1 saturated heterocycles. The minimum absolute atomic E-state index is 0.115. The molecule has 1 aromatic rings. The summed E-state index contributed by atoms with van der Waals surface area (Å²) >= 11 is 0. The molecule has 0 unspecified atom stereocenters. The van der Waals surface area contributed by atoms with Gasteiger partial charge in [0.25, 0.3) is 5.69 Å². The van der Waals surface area contributed by atoms with Gasteiger partial charge >= 0.3 is 5.97 Å². The van der Waals surface area contributed by atoms with Crippen molar-refractivity contribution in [2.75, 3.05) is 18.0 Å². The standard InChI is InChI=1S/C13H14F2N2O4/c1-13(12(18)19)4-6-16(7-5-13)11-9(17(20)21)3-2-8(14)10(11)15/h2-3H,4-7H2,1H3,(H,18,19). The Labute approximate surface area is 119 Å². The molecular weight excluding hydrogens is 286 g/mol. The third-order valence-electron chi connectivity index (χ3n) is 3.94. The molecule has 1 fully saturated rings. The summed E-state index contributed by atoms with van der Waals surface area (Å²) in [6, 6.07) is 1.63. The second-order valence-corrected chi connectivity index (χ2v) is 5.34. The first-order valence-electron chi connectivity index (χ1n) is 6.37. The Morgan fingerprint density at radius 1 is 1.38 bits per heavy atom. The number of nitro benzene ring substituents is 1. The molecule has 21 heavy (non-hydrogen) atoms. The molecule has 6 nitrogen and oxygen atoms in total. The maximum atomic E-state index is 13.9. The van der Waals surface area contributed by atoms with Gasteiger partial charge in [0.1, 0.15) is 0 Å². The van der Waals surface area contributed by atoms with Crippen LogP contribution in [-0.4, -0.2) is 29.1 Å². The van der Waals surface area contributed by atoms with E-state index in [0.717, 1.165) is 6.07 Å². The van der Waals surface area contributed by atoms with Crippen molar-refractivity contribution in [3.63, 3.8) is 0 Å². The van der Waals surface area contributed by atoms with E-state index < -0.39 is 39.3 Å². The Bertz CT molecular complexity index is 598. The van der Waals surface area contributed by atoms with Gasteiger partial charge < -0.3 is 10.0 Å². The number of nitrogens with zero attached hydrogens (tertiary/aromatic N) is 2. The number of carboxylic acids is 1. The Morgan fingerprint density at radius 3 is 2.43 bits per heavy atom. The lowest BCUT2D eigenvalue weighted by Crippen LogP contribution is -2.43. The maximum absolute atomic E-state index is 13.9. The molecule has 1 N–H and O–H groups in total. The summed E-state index contributed by atoms with van der Waals surface area (Å²) in [7, 11) is 0. The molecule has 0 bridgehead atoms. The van der Waals surface area contributed by atoms with Crippen molar-refractivity contribution in [1.82, 2.24) is 0 Å². The number of piperidine rings is 1. The van der Waals surface area contributed by atoms with Crippen LogP contribution in [0.1, 0.15) is 19.8 Å². The molecule has 1 aromatic carbocycles. The number of hydrogen-bond donors (Lipinski definition) is 1. The van der Waals surface area contributed by atoms with Crippen molar-refractivity contribution < 1.29 is 23.6 Å². The van der Waals surface area contributed by atoms with Crippen LogP contribution in [0.25, 0.3) is 0 Å². The zero-order valence-corrected chi connectivity index (χ0v) is 11.3. The van der Waals surface area contributed by atoms with Crippen molar-refractivity contribution >= 4 is 17.3 Å². The number of carbonyl (C=O) groups is 1. The van der Waals surface area contributed by atoms with Gasteiger partial charge in [0.2, 0.25) is 0 Å². The summed E-state index contributed by atoms with van der Waals surface area (Å²) < 4.78 is 27.3. The normalized spacial score (nSPS) is 17.6. The Morgan fingerprint density at radius 2 is 1.95 bits per heavy atom. The highest BCUT2D eigenvalue weighted by Gasteiger charge is 2.39. The fourth-order valence-electron chi connectivity index (χ4n) is 2.42. The third kappa shape index (κ3) is 2.65. The number of carboxylic acid groups (broad SMARTS) is 1. The molecule has 0 aromatic heterocycles. The highest BCUT2D eigenvalue weighted by atomic mass is 19.2. The van der Waals surface area contributed by atoms with Crippen LogP contribution >= 0.6 is 0 Å². The predicted molar refractivity (Wildman–Crippen MR) is 70.2 cm³/mol. The monoisotopic (exact) mass is 300 g/mol. The van der Waals surface area contributed by atoms with Gasteiger partial charge in [-0.05, 0) is 25.8 Å². The van der Waals surface area contributed by atoms with Gasteiger partial charge in [-0.1, -0.05) is 0 Å². The van der Waals surface area contributed by atoms with Gasteiger partial charge in [-0.3, -0.25) is 14.9 Å². The lowest BCUT2D eigenvalue weighted by Gasteiger charge is -2.37. The van der Waals surface area contributed by atoms with E-state index in [0.29, 0.717) is 6.07 Å². The highest BCUT2D eigenvalue weighted by molar-refractivity contribution is 5.75. The quantitative estimate of drug-likeness (QED) is 0.685. The van der Waals surface area contributed by atoms with E-state index in [2.05, 4.69) is 0 Å². The maximum Gasteiger partial charge on any atom is 0.309 e. The molecule has 1 aliphatic rings. The Balaban J connectivity index is 2.34. The van der Waals surface area contributed by atoms with Crippen LogP contribution < -0.4 is 4.90 Å². The zero-order chi connectivity index (χ0) is 15.8. The largest absolute Gasteiger partial charge is 0.481 e. The first-order valence-corrected chi connectivity index (χ1v) is 6.37. The molecular formula is C13H14F2N2O4. The van der Waals surface area contributed by atoms with Crippen molar-refractivity contribution in [2.45, 2.75) is 19.8 Å². The fourth-order valence-corrected chi connectivity index (χ4v) is 2.42. The van der Waals surface area contributed by atoms with Crippen molar-refractivity contribution in [3.05, 3.63) is 33.9 Å². The number of anilines is 1. The topological polar surface area (TPSA) is 83.7 Å². The SMILES string of the molecule is CC1(C(=O)O)CCN(c2c([N+](=O)[O-])ccc(F)c2F)CC1. The molecule has 0 saturated carbocycles. The van der Waals surface area contributed by atoms with Gasteiger partial charge in [0, 0.05) is 19.2 Å². The lowest BCUT2D eigenvalue weighted by molar-refractivity contribution is -0.384. The summed E-state index contributed by atoms with van der Waals surface area (Å²) in [6.45, 7) is 1.80. The fraction of sp³-hybridized carbons (Fsp3) is 0.462. The van der Waals surface area contributed by atoms with Crippen molar-refractivity contribution in [3.8, 4) is 0 Å². The van der Waals surface area contributed by atoms with E-state index in [9.17, 15) is 23.7 Å². The Hall–Kier alpha value is -2.25. The van der Waals surface area contributed by atoms with Gasteiger partial charge in [-0.15, -0.1) is 0 Å². The lowest BCUT2D eigenvalue weighted by atomic mass is 9.80. The third-order valence-corrected chi connectivity index (χ3v) is 3.94. The minimum atomic E-state index is -1.27. The molecule has 8 heteroatoms. The number of hydrogen-bond acceptors (Lipinski definition) is 4. The minimum Gasteiger partial charge on any atom is -0.481 e. The van der Waals surface area contributed by atoms with Gasteiger partial charge in [0.05, 0.1) is 10.3 Å². The first kappa shape index (κ1) is 15.1. The van der Waals surface area contributed by atoms with Crippen LogP contribution in [-0.2, 0) is 4.79 Å². The average molecular weight is 300 g/mol. The molecule has 0 radical (unpaired) electrons. The van der Waals surface area contributed by atoms with E-state index in [4.69, 9.17) is 5.11 Å². The second kappa shape index (κ2) is 5.27. The van der Waals surface area contributed by atoms with E-state index in [1.165, 1.54) is 4.90 Å². The first-order chi connectivity index (χ1) is 9.76. The Kier molecular flexibility index (Phi) is 3.80. The summed E-state index contributed by atoms with van der Waals surface area (Å²) in [4.78, 5) is 22.7. The van der Waals surface area contributed by atoms with Crippen LogP contribution in [0.5, 0.6) is 0 Å². The molecule has 1 heterocycles. The summed E-state index contributed by atoms with van der Waals surface area (Å²) in [6.07, 6.45) is 0.408. The van der Waals surface area contributed by atoms with Gasteiger partial charge in [-0.25, -0.2) is 8.78 Å². The highest BCUT2D eigenvalue weighted by Crippen LogP contribution is 2.38. The van der Waals surface area contributed by atoms with Crippen LogP contribution in [0.3, 0.4) is 0 Å². The summed E-state index contributed by atoms with van der Waals surface area (Å²) in [5.41, 5.74) is -1.88. The van der Waals surface area contributed by atoms with E-state index in [1.54, 1.807) is 6.92 Å². The van der Waals surface area contributed by atoms with Gasteiger partial charge in [0.15, 0.2) is 17.3 Å². The molecule has 2 rings (SSSR count). The number of aliphatic carboxylic acids is 1. The van der Waals surface area contributed by atoms with Crippen LogP contribution in [0.2, 0.25) is 0 Å². The molecule has 0 aliphatic carbocycles. The molecule has 0 amide bonds. The summed E-state index contributed by atoms with van der Waals surface area (Å²) in [5.74, 6) is -3.40. The molecule has 114 valence electrons. The number of rotatable bonds is 3. The number of halogens is 2. The number of benzene rings is 1. The zero-order valence-electron chi connectivity index (χ0n) is 11.3. The molecule has 1 aliphatic heterocycles. The average Bonchev–Trinajstić information content (AvgIpc) is 2.42. The van der Waals surface area contributed by atoms with E-state index in [1.807, 2.05) is 0 Å². The van der Waals surface area contributed by atoms with E-state index >= 15 is 0 Å². The van der Waals surface area contributed by atoms with Crippen molar-refractivity contribution in [2.24, 2.45) is 5.41 Å². The smallest absolute Gasteiger partial charge is 0.309 e. The van der Waals surface area contributed by atoms with Crippen LogP contribution in [0.4, 0.5) is 20.2 Å². The van der Waals surface area contributed by atoms with Crippen molar-refractivity contribution in [1.29, 1.82) is 0 Å². The number of nitro groups is 1. The van der Waals surface area contributed by atoms with E-state index in [-0.39, 0.29) is 25.9 Å². The second-order valence-electron chi connectivity index (χ2n) is 5.34.